The van der Waals surface area contributed by atoms with Gasteiger partial charge in [0, 0.05) is 17.0 Å². The zero-order valence-corrected chi connectivity index (χ0v) is 22.0. The molecule has 0 radical (unpaired) electrons. The van der Waals surface area contributed by atoms with Gasteiger partial charge in [0.1, 0.15) is 17.1 Å². The van der Waals surface area contributed by atoms with Gasteiger partial charge in [0.05, 0.1) is 5.69 Å². The van der Waals surface area contributed by atoms with Gasteiger partial charge in [0.15, 0.2) is 5.11 Å². The third-order valence-electron chi connectivity index (χ3n) is 6.48. The van der Waals surface area contributed by atoms with Gasteiger partial charge in [-0.2, -0.15) is 0 Å². The number of H-pyrrole nitrogens is 1. The minimum Gasteiger partial charge on any atom is -0.457 e. The van der Waals surface area contributed by atoms with Crippen LogP contribution >= 0.6 is 12.2 Å². The molecular formula is C33H23N3O3S. The summed E-state index contributed by atoms with van der Waals surface area (Å²) >= 11 is 5.40. The van der Waals surface area contributed by atoms with Gasteiger partial charge in [0.2, 0.25) is 0 Å². The Kier molecular flexibility index (Phi) is 6.78. The first-order valence-corrected chi connectivity index (χ1v) is 13.1. The van der Waals surface area contributed by atoms with E-state index in [1.165, 1.54) is 4.90 Å². The Balaban J connectivity index is 1.35. The first-order valence-electron chi connectivity index (χ1n) is 12.6. The molecule has 7 heteroatoms. The van der Waals surface area contributed by atoms with E-state index in [2.05, 4.69) is 10.3 Å². The molecule has 6 nitrogen and oxygen atoms in total. The summed E-state index contributed by atoms with van der Waals surface area (Å²) in [6, 6.07) is 38.1. The molecular weight excluding hydrogens is 518 g/mol. The molecule has 40 heavy (non-hydrogen) atoms. The summed E-state index contributed by atoms with van der Waals surface area (Å²) in [5, 5.41) is 2.68. The molecule has 0 bridgehead atoms. The highest BCUT2D eigenvalue weighted by molar-refractivity contribution is 7.80. The molecule has 2 N–H and O–H groups in total. The van der Waals surface area contributed by atoms with Crippen LogP contribution in [0.2, 0.25) is 0 Å². The molecule has 0 aliphatic carbocycles. The van der Waals surface area contributed by atoms with Crippen LogP contribution in [0.4, 0.5) is 5.69 Å². The number of nitrogens with one attached hydrogen (secondary N) is 2. The number of thiocarbonyl (C=S) groups is 1. The molecule has 5 aromatic rings. The van der Waals surface area contributed by atoms with E-state index in [0.29, 0.717) is 22.9 Å². The molecule has 1 aliphatic heterocycles. The van der Waals surface area contributed by atoms with Crippen molar-refractivity contribution in [1.82, 2.24) is 10.3 Å². The topological polar surface area (TPSA) is 74.4 Å². The molecule has 1 saturated heterocycles. The summed E-state index contributed by atoms with van der Waals surface area (Å²) in [7, 11) is 0. The number of carbonyl (C=O) groups excluding carboxylic acids is 2. The fraction of sp³-hybridized carbons (Fsp3) is 0. The molecule has 0 atom stereocenters. The van der Waals surface area contributed by atoms with Crippen molar-refractivity contribution >= 4 is 40.9 Å². The molecule has 1 fully saturated rings. The fourth-order valence-corrected chi connectivity index (χ4v) is 4.82. The molecule has 1 aromatic heterocycles. The first kappa shape index (κ1) is 25.0. The first-order chi connectivity index (χ1) is 19.6. The zero-order valence-electron chi connectivity index (χ0n) is 21.2. The van der Waals surface area contributed by atoms with Crippen molar-refractivity contribution in [3.8, 4) is 33.9 Å². The van der Waals surface area contributed by atoms with Gasteiger partial charge in [-0.15, -0.1) is 0 Å². The van der Waals surface area contributed by atoms with E-state index in [-0.39, 0.29) is 10.7 Å². The molecule has 0 saturated carbocycles. The van der Waals surface area contributed by atoms with Crippen molar-refractivity contribution in [1.29, 1.82) is 0 Å². The van der Waals surface area contributed by atoms with E-state index in [0.717, 1.165) is 22.4 Å². The predicted molar refractivity (Wildman–Crippen MR) is 161 cm³/mol. The number of amides is 2. The van der Waals surface area contributed by atoms with Crippen LogP contribution in [0.25, 0.3) is 28.5 Å². The van der Waals surface area contributed by atoms with Crippen LogP contribution in [0, 0.1) is 0 Å². The molecule has 6 rings (SSSR count). The Labute approximate surface area is 236 Å². The maximum Gasteiger partial charge on any atom is 0.270 e. The summed E-state index contributed by atoms with van der Waals surface area (Å²) in [6.07, 6.45) is 1.59. The second-order valence-corrected chi connectivity index (χ2v) is 9.50. The average molecular weight is 542 g/mol. The number of hydrogen-bond acceptors (Lipinski definition) is 4. The lowest BCUT2D eigenvalue weighted by molar-refractivity contribution is -0.122. The largest absolute Gasteiger partial charge is 0.457 e. The number of benzene rings is 4. The summed E-state index contributed by atoms with van der Waals surface area (Å²) < 4.78 is 5.86. The summed E-state index contributed by atoms with van der Waals surface area (Å²) in [4.78, 5) is 31.5. The number of nitrogens with zero attached hydrogens (tertiary/aromatic N) is 1. The SMILES string of the molecule is O=C1NC(=S)N(c2ccc(Oc3ccccc3)cc2)C(=O)C1=Cc1[nH]c(-c2ccccc2)cc1-c1ccccc1. The lowest BCUT2D eigenvalue weighted by Crippen LogP contribution is -2.54. The Hall–Kier alpha value is -5.27. The van der Waals surface area contributed by atoms with E-state index in [4.69, 9.17) is 17.0 Å². The number of aromatic nitrogens is 1. The Bertz CT molecular complexity index is 1730. The number of para-hydroxylation sites is 1. The average Bonchev–Trinajstić information content (AvgIpc) is 3.41. The second-order valence-electron chi connectivity index (χ2n) is 9.11. The Morgan fingerprint density at radius 3 is 1.93 bits per heavy atom. The highest BCUT2D eigenvalue weighted by Crippen LogP contribution is 2.32. The number of anilines is 1. The second kappa shape index (κ2) is 10.8. The lowest BCUT2D eigenvalue weighted by atomic mass is 10.0. The fourth-order valence-electron chi connectivity index (χ4n) is 4.54. The molecule has 2 amide bonds. The van der Waals surface area contributed by atoms with Gasteiger partial charge in [-0.3, -0.25) is 19.8 Å². The molecule has 0 unspecified atom stereocenters. The van der Waals surface area contributed by atoms with E-state index < -0.39 is 11.8 Å². The molecule has 4 aromatic carbocycles. The summed E-state index contributed by atoms with van der Waals surface area (Å²) in [5.41, 5.74) is 4.81. The zero-order chi connectivity index (χ0) is 27.5. The van der Waals surface area contributed by atoms with Crippen LogP contribution in [0.5, 0.6) is 11.5 Å². The Morgan fingerprint density at radius 1 is 0.700 bits per heavy atom. The van der Waals surface area contributed by atoms with E-state index in [1.807, 2.05) is 97.1 Å². The maximum absolute atomic E-state index is 13.7. The maximum atomic E-state index is 13.7. The van der Waals surface area contributed by atoms with Crippen LogP contribution in [0.15, 0.2) is 127 Å². The van der Waals surface area contributed by atoms with Crippen LogP contribution in [-0.4, -0.2) is 21.9 Å². The van der Waals surface area contributed by atoms with Crippen molar-refractivity contribution in [2.45, 2.75) is 0 Å². The number of rotatable bonds is 6. The van der Waals surface area contributed by atoms with E-state index in [1.54, 1.807) is 30.3 Å². The van der Waals surface area contributed by atoms with Gasteiger partial charge in [-0.05, 0) is 71.9 Å². The van der Waals surface area contributed by atoms with Gasteiger partial charge in [-0.25, -0.2) is 0 Å². The summed E-state index contributed by atoms with van der Waals surface area (Å²) in [6.45, 7) is 0. The number of carbonyl (C=O) groups is 2. The predicted octanol–water partition coefficient (Wildman–Crippen LogP) is 6.97. The molecule has 2 heterocycles. The number of ether oxygens (including phenoxy) is 1. The van der Waals surface area contributed by atoms with Crippen LogP contribution in [-0.2, 0) is 9.59 Å². The number of aromatic amines is 1. The third-order valence-corrected chi connectivity index (χ3v) is 6.77. The smallest absolute Gasteiger partial charge is 0.270 e. The van der Waals surface area contributed by atoms with E-state index >= 15 is 0 Å². The van der Waals surface area contributed by atoms with Crippen LogP contribution in [0.3, 0.4) is 0 Å². The molecule has 1 aliphatic rings. The van der Waals surface area contributed by atoms with Crippen LogP contribution in [0.1, 0.15) is 5.69 Å². The standard InChI is InChI=1S/C33H23N3O3S/c37-31-28(21-30-27(22-10-4-1-5-11-22)20-29(34-30)23-12-6-2-7-13-23)32(38)36(33(40)35-31)24-16-18-26(19-17-24)39-25-14-8-3-9-15-25/h1-21,34H,(H,35,37,40). The van der Waals surface area contributed by atoms with Gasteiger partial charge in [-0.1, -0.05) is 78.9 Å². The minimum atomic E-state index is -0.551. The van der Waals surface area contributed by atoms with Gasteiger partial charge < -0.3 is 9.72 Å². The van der Waals surface area contributed by atoms with E-state index in [9.17, 15) is 9.59 Å². The highest BCUT2D eigenvalue weighted by atomic mass is 32.1. The Morgan fingerprint density at radius 2 is 1.27 bits per heavy atom. The lowest BCUT2D eigenvalue weighted by Gasteiger charge is -2.29. The monoisotopic (exact) mass is 541 g/mol. The van der Waals surface area contributed by atoms with Crippen molar-refractivity contribution in [2.24, 2.45) is 0 Å². The molecule has 0 spiro atoms. The normalized spacial score (nSPS) is 14.3. The van der Waals surface area contributed by atoms with Crippen LogP contribution < -0.4 is 15.0 Å². The van der Waals surface area contributed by atoms with Gasteiger partial charge in [0.25, 0.3) is 11.8 Å². The third kappa shape index (κ3) is 5.06. The minimum absolute atomic E-state index is 0.0172. The van der Waals surface area contributed by atoms with Crippen molar-refractivity contribution in [2.75, 3.05) is 4.90 Å². The quantitative estimate of drug-likeness (QED) is 0.138. The van der Waals surface area contributed by atoms with Crippen molar-refractivity contribution < 1.29 is 14.3 Å². The van der Waals surface area contributed by atoms with Crippen molar-refractivity contribution in [3.05, 3.63) is 133 Å². The van der Waals surface area contributed by atoms with Crippen molar-refractivity contribution in [3.63, 3.8) is 0 Å². The molecule has 194 valence electrons. The van der Waals surface area contributed by atoms with Gasteiger partial charge >= 0.3 is 0 Å². The highest BCUT2D eigenvalue weighted by Gasteiger charge is 2.35. The summed E-state index contributed by atoms with van der Waals surface area (Å²) in [5.74, 6) is 0.246. The number of hydrogen-bond donors (Lipinski definition) is 2.